The van der Waals surface area contributed by atoms with Crippen molar-refractivity contribution in [3.05, 3.63) is 74.1 Å². The molecule has 2 N–H and O–H groups in total. The van der Waals surface area contributed by atoms with Crippen LogP contribution in [-0.4, -0.2) is 14.7 Å². The van der Waals surface area contributed by atoms with E-state index in [1.807, 2.05) is 50.2 Å². The topological polar surface area (TPSA) is 58.0 Å². The number of nitrogens with one attached hydrogen (secondary N) is 1. The molecule has 0 atom stereocenters. The number of aromatic nitrogens is 2. The second-order valence-electron chi connectivity index (χ2n) is 6.17. The predicted molar refractivity (Wildman–Crippen MR) is 109 cm³/mol. The number of hydrogen-bond acceptors (Lipinski definition) is 4. The predicted octanol–water partition coefficient (Wildman–Crippen LogP) is 5.10. The van der Waals surface area contributed by atoms with Crippen LogP contribution in [0, 0.1) is 18.6 Å². The largest absolute Gasteiger partial charge is 0.506 e. The molecule has 2 aromatic heterocycles. The molecule has 0 saturated carbocycles. The van der Waals surface area contributed by atoms with Gasteiger partial charge in [0.25, 0.3) is 5.56 Å². The molecule has 0 spiro atoms. The number of H-pyrrole nitrogens is 1. The van der Waals surface area contributed by atoms with Crippen LogP contribution in [0.15, 0.2) is 53.3 Å². The third kappa shape index (κ3) is 2.58. The van der Waals surface area contributed by atoms with E-state index in [9.17, 15) is 9.90 Å². The summed E-state index contributed by atoms with van der Waals surface area (Å²) in [6, 6.07) is 15.0. The highest BCUT2D eigenvalue weighted by atomic mass is 32.1. The number of thiophene rings is 1. The summed E-state index contributed by atoms with van der Waals surface area (Å²) in [5, 5.41) is 10.9. The molecule has 2 heterocycles. The van der Waals surface area contributed by atoms with E-state index in [1.54, 1.807) is 12.1 Å². The van der Waals surface area contributed by atoms with Gasteiger partial charge in [-0.3, -0.25) is 4.79 Å². The highest BCUT2D eigenvalue weighted by Gasteiger charge is 2.18. The molecular formula is C20H16N2O2S2. The van der Waals surface area contributed by atoms with Crippen molar-refractivity contribution in [2.75, 3.05) is 0 Å². The Morgan fingerprint density at radius 1 is 1.12 bits per heavy atom. The van der Waals surface area contributed by atoms with Crippen molar-refractivity contribution in [1.82, 2.24) is 9.55 Å². The average Bonchev–Trinajstić information content (AvgIpc) is 2.93. The van der Waals surface area contributed by atoms with Crippen molar-refractivity contribution in [3.8, 4) is 22.6 Å². The SMILES string of the molecule is Cc1ccc(-n2c(=S)[nH]c3sc(C)c(-c4ccccc4)c3c2=O)c(O)c1. The summed E-state index contributed by atoms with van der Waals surface area (Å²) in [5.41, 5.74) is 2.95. The van der Waals surface area contributed by atoms with Gasteiger partial charge in [0.15, 0.2) is 4.77 Å². The van der Waals surface area contributed by atoms with Crippen molar-refractivity contribution in [2.24, 2.45) is 0 Å². The van der Waals surface area contributed by atoms with E-state index in [-0.39, 0.29) is 16.1 Å². The molecule has 0 radical (unpaired) electrons. The molecule has 26 heavy (non-hydrogen) atoms. The molecule has 4 aromatic rings. The Kier molecular flexibility index (Phi) is 4.01. The minimum Gasteiger partial charge on any atom is -0.506 e. The lowest BCUT2D eigenvalue weighted by molar-refractivity contribution is 0.471. The standard InChI is InChI=1S/C20H16N2O2S2/c1-11-8-9-14(15(23)10-11)22-19(24)17-16(13-6-4-3-5-7-13)12(2)26-18(17)21-20(22)25/h3-10,23H,1-2H3,(H,21,25). The van der Waals surface area contributed by atoms with E-state index in [0.717, 1.165) is 26.4 Å². The van der Waals surface area contributed by atoms with Crippen LogP contribution in [0.3, 0.4) is 0 Å². The number of benzene rings is 2. The van der Waals surface area contributed by atoms with Gasteiger partial charge in [0.05, 0.1) is 11.1 Å². The molecule has 6 heteroatoms. The number of rotatable bonds is 2. The average molecular weight is 380 g/mol. The molecule has 2 aromatic carbocycles. The highest BCUT2D eigenvalue weighted by Crippen LogP contribution is 2.36. The van der Waals surface area contributed by atoms with Crippen molar-refractivity contribution in [3.63, 3.8) is 0 Å². The molecule has 0 bridgehead atoms. The molecule has 0 saturated heterocycles. The Morgan fingerprint density at radius 3 is 2.54 bits per heavy atom. The quantitative estimate of drug-likeness (QED) is 0.476. The lowest BCUT2D eigenvalue weighted by Crippen LogP contribution is -2.20. The molecule has 0 amide bonds. The van der Waals surface area contributed by atoms with Crippen molar-refractivity contribution < 1.29 is 5.11 Å². The van der Waals surface area contributed by atoms with Gasteiger partial charge in [0.2, 0.25) is 0 Å². The van der Waals surface area contributed by atoms with Gasteiger partial charge in [-0.1, -0.05) is 36.4 Å². The molecule has 4 rings (SSSR count). The van der Waals surface area contributed by atoms with Crippen LogP contribution < -0.4 is 5.56 Å². The minimum atomic E-state index is -0.230. The maximum Gasteiger partial charge on any atom is 0.268 e. The van der Waals surface area contributed by atoms with Gasteiger partial charge in [-0.25, -0.2) is 4.57 Å². The number of phenolic OH excluding ortho intramolecular Hbond substituents is 1. The molecule has 0 aliphatic carbocycles. The summed E-state index contributed by atoms with van der Waals surface area (Å²) in [6.07, 6.45) is 0. The van der Waals surface area contributed by atoms with E-state index in [2.05, 4.69) is 4.98 Å². The maximum absolute atomic E-state index is 13.4. The number of phenols is 1. The smallest absolute Gasteiger partial charge is 0.268 e. The number of hydrogen-bond donors (Lipinski definition) is 2. The van der Waals surface area contributed by atoms with E-state index in [4.69, 9.17) is 12.2 Å². The lowest BCUT2D eigenvalue weighted by Gasteiger charge is -2.10. The number of nitrogens with zero attached hydrogens (tertiary/aromatic N) is 1. The molecule has 0 aliphatic rings. The zero-order valence-electron chi connectivity index (χ0n) is 14.2. The van der Waals surface area contributed by atoms with Gasteiger partial charge in [-0.2, -0.15) is 0 Å². The zero-order chi connectivity index (χ0) is 18.4. The molecule has 130 valence electrons. The Labute approximate surface area is 159 Å². The monoisotopic (exact) mass is 380 g/mol. The van der Waals surface area contributed by atoms with Crippen molar-refractivity contribution in [1.29, 1.82) is 0 Å². The van der Waals surface area contributed by atoms with Gasteiger partial charge in [-0.15, -0.1) is 11.3 Å². The fraction of sp³-hybridized carbons (Fsp3) is 0.100. The van der Waals surface area contributed by atoms with Gasteiger partial charge in [0.1, 0.15) is 10.6 Å². The summed E-state index contributed by atoms with van der Waals surface area (Å²) >= 11 is 6.93. The van der Waals surface area contributed by atoms with E-state index >= 15 is 0 Å². The molecule has 0 aliphatic heterocycles. The van der Waals surface area contributed by atoms with Crippen LogP contribution in [0.1, 0.15) is 10.4 Å². The Bertz CT molecular complexity index is 1250. The first-order valence-electron chi connectivity index (χ1n) is 8.11. The highest BCUT2D eigenvalue weighted by molar-refractivity contribution is 7.71. The summed E-state index contributed by atoms with van der Waals surface area (Å²) in [6.45, 7) is 3.88. The zero-order valence-corrected chi connectivity index (χ0v) is 15.9. The summed E-state index contributed by atoms with van der Waals surface area (Å²) < 4.78 is 1.63. The molecule has 0 fully saturated rings. The number of aryl methyl sites for hydroxylation is 2. The van der Waals surface area contributed by atoms with Gasteiger partial charge >= 0.3 is 0 Å². The minimum absolute atomic E-state index is 0.0270. The second-order valence-corrected chi connectivity index (χ2v) is 7.78. The summed E-state index contributed by atoms with van der Waals surface area (Å²) in [4.78, 5) is 18.3. The fourth-order valence-corrected chi connectivity index (χ4v) is 4.60. The van der Waals surface area contributed by atoms with E-state index in [0.29, 0.717) is 11.1 Å². The van der Waals surface area contributed by atoms with Crippen LogP contribution in [0.4, 0.5) is 0 Å². The van der Waals surface area contributed by atoms with Gasteiger partial charge in [-0.05, 0) is 49.3 Å². The summed E-state index contributed by atoms with van der Waals surface area (Å²) in [7, 11) is 0. The second kappa shape index (κ2) is 6.23. The normalized spacial score (nSPS) is 11.2. The first-order valence-corrected chi connectivity index (χ1v) is 9.33. The molecule has 0 unspecified atom stereocenters. The summed E-state index contributed by atoms with van der Waals surface area (Å²) in [5.74, 6) is 0.0270. The number of aromatic amines is 1. The third-order valence-corrected chi connectivity index (χ3v) is 5.66. The van der Waals surface area contributed by atoms with Crippen molar-refractivity contribution >= 4 is 33.8 Å². The van der Waals surface area contributed by atoms with Crippen LogP contribution in [0.25, 0.3) is 27.0 Å². The van der Waals surface area contributed by atoms with Crippen LogP contribution >= 0.6 is 23.6 Å². The maximum atomic E-state index is 13.4. The van der Waals surface area contributed by atoms with Crippen LogP contribution in [0.2, 0.25) is 0 Å². The lowest BCUT2D eigenvalue weighted by atomic mass is 10.0. The molecular weight excluding hydrogens is 364 g/mol. The van der Waals surface area contributed by atoms with E-state index < -0.39 is 0 Å². The Hall–Kier alpha value is -2.70. The van der Waals surface area contributed by atoms with Crippen LogP contribution in [-0.2, 0) is 0 Å². The third-order valence-electron chi connectivity index (χ3n) is 4.36. The van der Waals surface area contributed by atoms with Gasteiger partial charge < -0.3 is 10.1 Å². The van der Waals surface area contributed by atoms with E-state index in [1.165, 1.54) is 15.9 Å². The first kappa shape index (κ1) is 16.8. The van der Waals surface area contributed by atoms with Gasteiger partial charge in [0, 0.05) is 10.4 Å². The first-order chi connectivity index (χ1) is 12.5. The number of fused-ring (bicyclic) bond motifs is 1. The Morgan fingerprint density at radius 2 is 1.85 bits per heavy atom. The number of aromatic hydroxyl groups is 1. The van der Waals surface area contributed by atoms with Crippen molar-refractivity contribution in [2.45, 2.75) is 13.8 Å². The molecule has 4 nitrogen and oxygen atoms in total. The van der Waals surface area contributed by atoms with Crippen LogP contribution in [0.5, 0.6) is 5.75 Å². The Balaban J connectivity index is 2.12. The fourth-order valence-electron chi connectivity index (χ4n) is 3.19.